The molecule has 0 N–H and O–H groups in total. The van der Waals surface area contributed by atoms with Crippen LogP contribution in [0.3, 0.4) is 0 Å². The topological polar surface area (TPSA) is 23.6 Å². The Balaban J connectivity index is 2.93. The molecule has 1 fully saturated rings. The van der Waals surface area contributed by atoms with Gasteiger partial charge in [0.1, 0.15) is 5.67 Å². The number of hydrogen-bond acceptors (Lipinski definition) is 2. The van der Waals surface area contributed by atoms with Crippen molar-refractivity contribution in [2.75, 3.05) is 26.7 Å². The first-order valence-corrected chi connectivity index (χ1v) is 7.07. The van der Waals surface area contributed by atoms with Gasteiger partial charge in [0.2, 0.25) is 6.41 Å². The molecular weight excluding hydrogens is 299 g/mol. The van der Waals surface area contributed by atoms with Gasteiger partial charge < -0.3 is 4.90 Å². The summed E-state index contributed by atoms with van der Waals surface area (Å²) in [7, 11) is 1.74. The minimum atomic E-state index is -1.21. The number of piperidine rings is 1. The van der Waals surface area contributed by atoms with Gasteiger partial charge in [-0.15, -0.1) is 0 Å². The summed E-state index contributed by atoms with van der Waals surface area (Å²) in [6.45, 7) is 9.65. The lowest BCUT2D eigenvalue weighted by Gasteiger charge is -2.50. The maximum Gasteiger partial charge on any atom is 0.209 e. The van der Waals surface area contributed by atoms with E-state index in [1.807, 2.05) is 24.7 Å². The average molecular weight is 323 g/mol. The van der Waals surface area contributed by atoms with Crippen molar-refractivity contribution in [1.29, 1.82) is 0 Å². The van der Waals surface area contributed by atoms with Crippen molar-refractivity contribution in [2.24, 2.45) is 17.3 Å². The van der Waals surface area contributed by atoms with Crippen molar-refractivity contribution in [2.45, 2.75) is 33.4 Å². The highest BCUT2D eigenvalue weighted by Gasteiger charge is 2.51. The molecule has 3 atom stereocenters. The van der Waals surface area contributed by atoms with Gasteiger partial charge in [0.25, 0.3) is 0 Å². The van der Waals surface area contributed by atoms with Crippen molar-refractivity contribution < 1.29 is 9.18 Å². The smallest absolute Gasteiger partial charge is 0.209 e. The zero-order valence-corrected chi connectivity index (χ0v) is 13.5. The molecule has 0 bridgehead atoms. The van der Waals surface area contributed by atoms with Crippen LogP contribution >= 0.6 is 16.1 Å². The van der Waals surface area contributed by atoms with Gasteiger partial charge in [-0.3, -0.25) is 4.79 Å². The third kappa shape index (κ3) is 3.23. The number of halogens is 2. The summed E-state index contributed by atoms with van der Waals surface area (Å²) in [5.74, 6) is -0.146. The lowest BCUT2D eigenvalue weighted by Crippen LogP contribution is -2.57. The van der Waals surface area contributed by atoms with Gasteiger partial charge in [0, 0.05) is 54.7 Å². The number of amides is 1. The number of carbonyl (C=O) groups excluding carboxylic acids is 1. The molecule has 1 amide bonds. The van der Waals surface area contributed by atoms with E-state index in [4.69, 9.17) is 0 Å². The Labute approximate surface area is 118 Å². The molecule has 5 heteroatoms. The monoisotopic (exact) mass is 322 g/mol. The van der Waals surface area contributed by atoms with Crippen LogP contribution in [0.4, 0.5) is 4.39 Å². The van der Waals surface area contributed by atoms with Crippen molar-refractivity contribution in [1.82, 2.24) is 8.83 Å². The van der Waals surface area contributed by atoms with Crippen LogP contribution in [-0.4, -0.2) is 47.6 Å². The zero-order valence-electron chi connectivity index (χ0n) is 11.9. The van der Waals surface area contributed by atoms with E-state index in [1.165, 1.54) is 0 Å². The third-order valence-corrected chi connectivity index (χ3v) is 4.86. The lowest BCUT2D eigenvalue weighted by molar-refractivity contribution is -0.121. The minimum Gasteiger partial charge on any atom is -0.348 e. The van der Waals surface area contributed by atoms with Crippen LogP contribution in [-0.2, 0) is 4.79 Å². The fourth-order valence-electron chi connectivity index (χ4n) is 3.07. The van der Waals surface area contributed by atoms with Gasteiger partial charge in [0.15, 0.2) is 0 Å². The highest BCUT2D eigenvalue weighted by molar-refractivity contribution is 9.07. The third-order valence-electron chi connectivity index (χ3n) is 4.28. The number of carbonyl (C=O) groups is 1. The molecule has 3 nitrogen and oxygen atoms in total. The van der Waals surface area contributed by atoms with E-state index in [0.717, 1.165) is 6.41 Å². The van der Waals surface area contributed by atoms with E-state index < -0.39 is 5.67 Å². The maximum absolute atomic E-state index is 15.0. The molecule has 1 heterocycles. The Kier molecular flexibility index (Phi) is 4.81. The highest BCUT2D eigenvalue weighted by Crippen LogP contribution is 2.46. The molecule has 0 radical (unpaired) electrons. The molecule has 0 aliphatic carbocycles. The molecule has 0 spiro atoms. The van der Waals surface area contributed by atoms with Gasteiger partial charge >= 0.3 is 0 Å². The highest BCUT2D eigenvalue weighted by atomic mass is 79.9. The molecule has 18 heavy (non-hydrogen) atoms. The Bertz CT molecular complexity index is 309. The first-order chi connectivity index (χ1) is 8.11. The fraction of sp³-hybridized carbons (Fsp3) is 0.923. The van der Waals surface area contributed by atoms with Crippen molar-refractivity contribution >= 4 is 22.6 Å². The lowest BCUT2D eigenvalue weighted by atomic mass is 9.65. The number of rotatable bonds is 4. The minimum absolute atomic E-state index is 0.0311. The molecule has 1 saturated heterocycles. The number of nitrogens with zero attached hydrogens (tertiary/aromatic N) is 2. The molecular formula is C13H24BrFN2O. The molecule has 1 rings (SSSR count). The molecule has 0 aromatic rings. The van der Waals surface area contributed by atoms with E-state index >= 15 is 0 Å². The van der Waals surface area contributed by atoms with Crippen LogP contribution < -0.4 is 0 Å². The number of hydrogen-bond donors (Lipinski definition) is 0. The Hall–Kier alpha value is -0.160. The summed E-state index contributed by atoms with van der Waals surface area (Å²) in [5, 5.41) is 0. The summed E-state index contributed by atoms with van der Waals surface area (Å²) in [6, 6.07) is 0. The summed E-state index contributed by atoms with van der Waals surface area (Å²) in [6.07, 6.45) is 0.801. The van der Waals surface area contributed by atoms with Crippen molar-refractivity contribution in [3.05, 3.63) is 0 Å². The van der Waals surface area contributed by atoms with E-state index in [9.17, 15) is 9.18 Å². The summed E-state index contributed by atoms with van der Waals surface area (Å²) in [5.41, 5.74) is -1.47. The van der Waals surface area contributed by atoms with Gasteiger partial charge in [-0.1, -0.05) is 20.8 Å². The van der Waals surface area contributed by atoms with Gasteiger partial charge in [-0.25, -0.2) is 8.32 Å². The van der Waals surface area contributed by atoms with Crippen molar-refractivity contribution in [3.8, 4) is 0 Å². The zero-order chi connectivity index (χ0) is 14.1. The molecule has 1 aliphatic heterocycles. The second-order valence-corrected chi connectivity index (χ2v) is 7.44. The predicted molar refractivity (Wildman–Crippen MR) is 75.1 cm³/mol. The first kappa shape index (κ1) is 15.9. The SMILES string of the molecule is CC1CN(Br)CC(C(C)(C)CN(C)C=O)C1(C)F. The molecule has 106 valence electrons. The van der Waals surface area contributed by atoms with Crippen LogP contribution in [0.2, 0.25) is 0 Å². The summed E-state index contributed by atoms with van der Waals surface area (Å²) in [4.78, 5) is 12.4. The Morgan fingerprint density at radius 2 is 2.11 bits per heavy atom. The van der Waals surface area contributed by atoms with Crippen LogP contribution in [0.1, 0.15) is 27.7 Å². The Morgan fingerprint density at radius 1 is 1.56 bits per heavy atom. The predicted octanol–water partition coefficient (Wildman–Crippen LogP) is 2.71. The molecule has 3 unspecified atom stereocenters. The summed E-state index contributed by atoms with van der Waals surface area (Å²) < 4.78 is 17.0. The average Bonchev–Trinajstić information content (AvgIpc) is 2.22. The quantitative estimate of drug-likeness (QED) is 0.587. The van der Waals surface area contributed by atoms with E-state index in [2.05, 4.69) is 16.1 Å². The standard InChI is InChI=1S/C13H24BrFN2O/c1-10-6-17(14)7-11(13(10,4)15)12(2,3)8-16(5)9-18/h9-11H,6-8H2,1-5H3. The maximum atomic E-state index is 15.0. The van der Waals surface area contributed by atoms with Crippen LogP contribution in [0.25, 0.3) is 0 Å². The van der Waals surface area contributed by atoms with E-state index in [-0.39, 0.29) is 17.3 Å². The van der Waals surface area contributed by atoms with Crippen LogP contribution in [0.5, 0.6) is 0 Å². The second-order valence-electron chi connectivity index (χ2n) is 6.44. The van der Waals surface area contributed by atoms with Crippen molar-refractivity contribution in [3.63, 3.8) is 0 Å². The van der Waals surface area contributed by atoms with E-state index in [0.29, 0.717) is 19.6 Å². The first-order valence-electron chi connectivity index (χ1n) is 6.36. The van der Waals surface area contributed by atoms with Crippen LogP contribution in [0, 0.1) is 17.3 Å². The van der Waals surface area contributed by atoms with Crippen LogP contribution in [0.15, 0.2) is 0 Å². The van der Waals surface area contributed by atoms with E-state index in [1.54, 1.807) is 18.9 Å². The Morgan fingerprint density at radius 3 is 2.61 bits per heavy atom. The molecule has 0 aromatic heterocycles. The second kappa shape index (κ2) is 5.45. The largest absolute Gasteiger partial charge is 0.348 e. The number of alkyl halides is 1. The van der Waals surface area contributed by atoms with Gasteiger partial charge in [-0.2, -0.15) is 0 Å². The molecule has 0 aromatic carbocycles. The molecule has 0 saturated carbocycles. The normalized spacial score (nSPS) is 34.4. The fourth-order valence-corrected chi connectivity index (χ4v) is 3.80. The van der Waals surface area contributed by atoms with Gasteiger partial charge in [0.05, 0.1) is 0 Å². The van der Waals surface area contributed by atoms with Gasteiger partial charge in [-0.05, 0) is 12.3 Å². The summed E-state index contributed by atoms with van der Waals surface area (Å²) >= 11 is 3.48. The molecule has 1 aliphatic rings.